The second kappa shape index (κ2) is 7.51. The molecule has 4 rings (SSSR count). The largest absolute Gasteiger partial charge is 0.353 e. The highest BCUT2D eigenvalue weighted by molar-refractivity contribution is 6.11. The smallest absolute Gasteiger partial charge is 0.260 e. The highest BCUT2D eigenvalue weighted by atomic mass is 16.2. The predicted octanol–water partition coefficient (Wildman–Crippen LogP) is 3.93. The molecule has 1 fully saturated rings. The second-order valence-corrected chi connectivity index (χ2v) is 7.57. The molecule has 1 aromatic heterocycles. The standard InChI is InChI=1S/C22H25N3O2/c1-15-7-5-10-17(13-15)25-19(21-18(22(25)27)11-6-12-23-21)14-20(26)24-16-8-3-2-4-9-16/h5-7,10-13,16,19H,2-4,8-9,14H2,1H3,(H,24,26)/t19-/m1/s1. The number of benzene rings is 1. The third-order valence-corrected chi connectivity index (χ3v) is 5.54. The molecule has 5 nitrogen and oxygen atoms in total. The minimum atomic E-state index is -0.362. The molecule has 0 radical (unpaired) electrons. The topological polar surface area (TPSA) is 62.3 Å². The Balaban J connectivity index is 1.60. The summed E-state index contributed by atoms with van der Waals surface area (Å²) in [6.07, 6.45) is 7.62. The first-order valence-electron chi connectivity index (χ1n) is 9.78. The Morgan fingerprint density at radius 2 is 2.00 bits per heavy atom. The molecule has 2 aromatic rings. The summed E-state index contributed by atoms with van der Waals surface area (Å²) in [5, 5.41) is 3.17. The molecule has 140 valence electrons. The van der Waals surface area contributed by atoms with Crippen molar-refractivity contribution < 1.29 is 9.59 Å². The number of hydrogen-bond acceptors (Lipinski definition) is 3. The molecule has 5 heteroatoms. The molecular formula is C22H25N3O2. The van der Waals surface area contributed by atoms with Crippen molar-refractivity contribution in [2.45, 2.75) is 57.5 Å². The number of rotatable bonds is 4. The maximum absolute atomic E-state index is 13.0. The van der Waals surface area contributed by atoms with Crippen molar-refractivity contribution in [3.8, 4) is 0 Å². The molecule has 0 saturated heterocycles. The zero-order valence-electron chi connectivity index (χ0n) is 15.6. The van der Waals surface area contributed by atoms with E-state index in [2.05, 4.69) is 10.3 Å². The number of carbonyl (C=O) groups is 2. The summed E-state index contributed by atoms with van der Waals surface area (Å²) in [7, 11) is 0. The van der Waals surface area contributed by atoms with Crippen LogP contribution in [0.5, 0.6) is 0 Å². The molecular weight excluding hydrogens is 338 g/mol. The van der Waals surface area contributed by atoms with E-state index in [0.29, 0.717) is 11.3 Å². The van der Waals surface area contributed by atoms with Crippen molar-refractivity contribution >= 4 is 17.5 Å². The van der Waals surface area contributed by atoms with Gasteiger partial charge in [-0.05, 0) is 49.6 Å². The normalized spacial score (nSPS) is 19.8. The third-order valence-electron chi connectivity index (χ3n) is 5.54. The molecule has 27 heavy (non-hydrogen) atoms. The zero-order valence-corrected chi connectivity index (χ0v) is 15.6. The number of pyridine rings is 1. The van der Waals surface area contributed by atoms with Crippen molar-refractivity contribution in [3.05, 3.63) is 59.4 Å². The number of hydrogen-bond donors (Lipinski definition) is 1. The highest BCUT2D eigenvalue weighted by Gasteiger charge is 2.40. The quantitative estimate of drug-likeness (QED) is 0.895. The Morgan fingerprint density at radius 3 is 2.78 bits per heavy atom. The lowest BCUT2D eigenvalue weighted by Gasteiger charge is -2.27. The fourth-order valence-electron chi connectivity index (χ4n) is 4.23. The number of carbonyl (C=O) groups excluding carboxylic acids is 2. The average molecular weight is 363 g/mol. The van der Waals surface area contributed by atoms with Crippen molar-refractivity contribution in [3.63, 3.8) is 0 Å². The Bertz CT molecular complexity index is 858. The van der Waals surface area contributed by atoms with Gasteiger partial charge in [-0.15, -0.1) is 0 Å². The lowest BCUT2D eigenvalue weighted by Crippen LogP contribution is -2.39. The molecule has 0 spiro atoms. The van der Waals surface area contributed by atoms with Gasteiger partial charge in [-0.25, -0.2) is 0 Å². The first-order chi connectivity index (χ1) is 13.1. The maximum Gasteiger partial charge on any atom is 0.260 e. The summed E-state index contributed by atoms with van der Waals surface area (Å²) >= 11 is 0. The summed E-state index contributed by atoms with van der Waals surface area (Å²) < 4.78 is 0. The molecule has 0 unspecified atom stereocenters. The summed E-state index contributed by atoms with van der Waals surface area (Å²) in [4.78, 5) is 32.0. The number of amides is 2. The van der Waals surface area contributed by atoms with Crippen LogP contribution in [0.15, 0.2) is 42.6 Å². The van der Waals surface area contributed by atoms with Crippen LogP contribution < -0.4 is 10.2 Å². The van der Waals surface area contributed by atoms with E-state index in [1.54, 1.807) is 23.2 Å². The minimum Gasteiger partial charge on any atom is -0.353 e. The number of nitrogens with one attached hydrogen (secondary N) is 1. The average Bonchev–Trinajstić information content (AvgIpc) is 2.95. The summed E-state index contributed by atoms with van der Waals surface area (Å²) in [5.41, 5.74) is 3.18. The fraction of sp³-hybridized carbons (Fsp3) is 0.409. The third kappa shape index (κ3) is 3.59. The molecule has 2 aliphatic rings. The van der Waals surface area contributed by atoms with E-state index in [-0.39, 0.29) is 30.3 Å². The monoisotopic (exact) mass is 363 g/mol. The van der Waals surface area contributed by atoms with E-state index >= 15 is 0 Å². The van der Waals surface area contributed by atoms with Crippen LogP contribution >= 0.6 is 0 Å². The van der Waals surface area contributed by atoms with Crippen LogP contribution in [0.3, 0.4) is 0 Å². The van der Waals surface area contributed by atoms with Gasteiger partial charge in [-0.2, -0.15) is 0 Å². The molecule has 2 heterocycles. The SMILES string of the molecule is Cc1cccc(N2C(=O)c3cccnc3[C@H]2CC(=O)NC2CCCCC2)c1. The summed E-state index contributed by atoms with van der Waals surface area (Å²) in [5.74, 6) is -0.0879. The lowest BCUT2D eigenvalue weighted by atomic mass is 9.95. The van der Waals surface area contributed by atoms with E-state index in [0.717, 1.165) is 24.1 Å². The van der Waals surface area contributed by atoms with Crippen molar-refractivity contribution in [2.24, 2.45) is 0 Å². The van der Waals surface area contributed by atoms with Gasteiger partial charge in [0, 0.05) is 17.9 Å². The first-order valence-corrected chi connectivity index (χ1v) is 9.78. The van der Waals surface area contributed by atoms with E-state index in [4.69, 9.17) is 0 Å². The number of nitrogens with zero attached hydrogens (tertiary/aromatic N) is 2. The number of aryl methyl sites for hydroxylation is 1. The highest BCUT2D eigenvalue weighted by Crippen LogP contribution is 2.38. The number of fused-ring (bicyclic) bond motifs is 1. The van der Waals surface area contributed by atoms with Gasteiger partial charge in [0.15, 0.2) is 0 Å². The number of aromatic nitrogens is 1. The number of anilines is 1. The summed E-state index contributed by atoms with van der Waals surface area (Å²) in [6, 6.07) is 11.3. The zero-order chi connectivity index (χ0) is 18.8. The Kier molecular flexibility index (Phi) is 4.92. The molecule has 1 aliphatic heterocycles. The van der Waals surface area contributed by atoms with Gasteiger partial charge >= 0.3 is 0 Å². The van der Waals surface area contributed by atoms with Crippen LogP contribution in [0.1, 0.15) is 66.2 Å². The van der Waals surface area contributed by atoms with Gasteiger partial charge in [0.25, 0.3) is 5.91 Å². The second-order valence-electron chi connectivity index (χ2n) is 7.57. The molecule has 0 bridgehead atoms. The predicted molar refractivity (Wildman–Crippen MR) is 105 cm³/mol. The molecule has 1 saturated carbocycles. The lowest BCUT2D eigenvalue weighted by molar-refractivity contribution is -0.122. The van der Waals surface area contributed by atoms with Crippen LogP contribution in [-0.2, 0) is 4.79 Å². The Hall–Kier alpha value is -2.69. The molecule has 1 aliphatic carbocycles. The van der Waals surface area contributed by atoms with Crippen LogP contribution in [0.25, 0.3) is 0 Å². The van der Waals surface area contributed by atoms with Crippen molar-refractivity contribution in [2.75, 3.05) is 4.90 Å². The van der Waals surface area contributed by atoms with Gasteiger partial charge in [0.05, 0.1) is 23.7 Å². The van der Waals surface area contributed by atoms with Crippen LogP contribution in [0, 0.1) is 6.92 Å². The summed E-state index contributed by atoms with van der Waals surface area (Å²) in [6.45, 7) is 2.00. The van der Waals surface area contributed by atoms with E-state index < -0.39 is 0 Å². The fourth-order valence-corrected chi connectivity index (χ4v) is 4.23. The molecule has 1 atom stereocenters. The molecule has 2 amide bonds. The van der Waals surface area contributed by atoms with Crippen molar-refractivity contribution in [1.82, 2.24) is 10.3 Å². The van der Waals surface area contributed by atoms with Gasteiger partial charge < -0.3 is 5.32 Å². The van der Waals surface area contributed by atoms with E-state index in [1.807, 2.05) is 31.2 Å². The van der Waals surface area contributed by atoms with E-state index in [1.165, 1.54) is 19.3 Å². The van der Waals surface area contributed by atoms with Crippen LogP contribution in [-0.4, -0.2) is 22.8 Å². The van der Waals surface area contributed by atoms with Gasteiger partial charge in [-0.3, -0.25) is 19.5 Å². The first kappa shape index (κ1) is 17.7. The maximum atomic E-state index is 13.0. The van der Waals surface area contributed by atoms with Gasteiger partial charge in [0.1, 0.15) is 0 Å². The molecule has 1 aromatic carbocycles. The molecule has 1 N–H and O–H groups in total. The Labute approximate surface area is 159 Å². The van der Waals surface area contributed by atoms with E-state index in [9.17, 15) is 9.59 Å². The van der Waals surface area contributed by atoms with Gasteiger partial charge in [-0.1, -0.05) is 31.4 Å². The van der Waals surface area contributed by atoms with Crippen molar-refractivity contribution in [1.29, 1.82) is 0 Å². The van der Waals surface area contributed by atoms with Crippen LogP contribution in [0.2, 0.25) is 0 Å². The Morgan fingerprint density at radius 1 is 1.19 bits per heavy atom. The minimum absolute atomic E-state index is 0.00384. The van der Waals surface area contributed by atoms with Gasteiger partial charge in [0.2, 0.25) is 5.91 Å². The van der Waals surface area contributed by atoms with Crippen LogP contribution in [0.4, 0.5) is 5.69 Å².